The fraction of sp³-hybridized carbons (Fsp3) is 0.444. The lowest BCUT2D eigenvalue weighted by atomic mass is 10.0. The van der Waals surface area contributed by atoms with Gasteiger partial charge in [0.1, 0.15) is 5.69 Å². The third kappa shape index (κ3) is 4.30. The third-order valence-electron chi connectivity index (χ3n) is 4.29. The molecular formula is C18H26N4O3. The molecule has 0 radical (unpaired) electrons. The fourth-order valence-corrected chi connectivity index (χ4v) is 2.54. The topological polar surface area (TPSA) is 88.3 Å². The van der Waals surface area contributed by atoms with Crippen LogP contribution in [0.3, 0.4) is 0 Å². The van der Waals surface area contributed by atoms with E-state index in [0.717, 1.165) is 5.69 Å². The molecule has 1 aromatic carbocycles. The maximum Gasteiger partial charge on any atom is 0.319 e. The van der Waals surface area contributed by atoms with Gasteiger partial charge in [0, 0.05) is 13.6 Å². The van der Waals surface area contributed by atoms with Crippen molar-refractivity contribution in [3.05, 3.63) is 46.4 Å². The molecule has 0 fully saturated rings. The fourth-order valence-electron chi connectivity index (χ4n) is 2.54. The Balaban J connectivity index is 2.11. The molecule has 1 aromatic heterocycles. The van der Waals surface area contributed by atoms with Crippen molar-refractivity contribution >= 4 is 11.7 Å². The Hall–Kier alpha value is -2.54. The Kier molecular flexibility index (Phi) is 6.03. The van der Waals surface area contributed by atoms with Gasteiger partial charge in [0.05, 0.1) is 17.5 Å². The second kappa shape index (κ2) is 8.02. The molecule has 7 heteroatoms. The smallest absolute Gasteiger partial charge is 0.319 e. The molecule has 3 N–H and O–H groups in total. The Bertz CT molecular complexity index is 778. The predicted octanol–water partition coefficient (Wildman–Crippen LogP) is 2.01. The molecule has 0 spiro atoms. The lowest BCUT2D eigenvalue weighted by molar-refractivity contribution is 0.117. The van der Waals surface area contributed by atoms with Gasteiger partial charge in [0.15, 0.2) is 0 Å². The molecule has 0 bridgehead atoms. The van der Waals surface area contributed by atoms with E-state index in [2.05, 4.69) is 10.6 Å². The first-order chi connectivity index (χ1) is 11.8. The van der Waals surface area contributed by atoms with Crippen LogP contribution in [0.1, 0.15) is 26.0 Å². The van der Waals surface area contributed by atoms with E-state index in [-0.39, 0.29) is 17.2 Å². The van der Waals surface area contributed by atoms with Crippen LogP contribution >= 0.6 is 0 Å². The highest BCUT2D eigenvalue weighted by atomic mass is 16.3. The molecule has 0 saturated heterocycles. The van der Waals surface area contributed by atoms with Crippen molar-refractivity contribution in [1.29, 1.82) is 0 Å². The second-order valence-corrected chi connectivity index (χ2v) is 6.42. The summed E-state index contributed by atoms with van der Waals surface area (Å²) in [5.74, 6) is 0.138. The van der Waals surface area contributed by atoms with Crippen molar-refractivity contribution < 1.29 is 9.90 Å². The number of para-hydroxylation sites is 1. The first kappa shape index (κ1) is 18.8. The largest absolute Gasteiger partial charge is 0.393 e. The molecule has 0 aliphatic rings. The van der Waals surface area contributed by atoms with Gasteiger partial charge >= 0.3 is 6.03 Å². The maximum atomic E-state index is 12.7. The van der Waals surface area contributed by atoms with E-state index in [1.54, 1.807) is 18.7 Å². The first-order valence-corrected chi connectivity index (χ1v) is 8.40. The van der Waals surface area contributed by atoms with Crippen molar-refractivity contribution in [3.8, 4) is 5.69 Å². The van der Waals surface area contributed by atoms with Gasteiger partial charge in [-0.25, -0.2) is 9.48 Å². The van der Waals surface area contributed by atoms with E-state index in [0.29, 0.717) is 18.7 Å². The van der Waals surface area contributed by atoms with Crippen molar-refractivity contribution in [1.82, 2.24) is 14.7 Å². The summed E-state index contributed by atoms with van der Waals surface area (Å²) in [5.41, 5.74) is 1.34. The molecule has 1 heterocycles. The number of carbonyl (C=O) groups is 1. The van der Waals surface area contributed by atoms with E-state index < -0.39 is 12.1 Å². The maximum absolute atomic E-state index is 12.7. The Morgan fingerprint density at radius 2 is 1.88 bits per heavy atom. The molecule has 2 amide bonds. The number of hydrogen-bond donors (Lipinski definition) is 3. The average Bonchev–Trinajstić information content (AvgIpc) is 2.79. The van der Waals surface area contributed by atoms with Gasteiger partial charge < -0.3 is 15.7 Å². The second-order valence-electron chi connectivity index (χ2n) is 6.42. The molecule has 0 aliphatic carbocycles. The van der Waals surface area contributed by atoms with E-state index in [4.69, 9.17) is 0 Å². The molecule has 0 saturated carbocycles. The zero-order valence-electron chi connectivity index (χ0n) is 15.1. The van der Waals surface area contributed by atoms with Crippen molar-refractivity contribution in [2.24, 2.45) is 13.0 Å². The number of urea groups is 1. The highest BCUT2D eigenvalue weighted by Crippen LogP contribution is 2.13. The third-order valence-corrected chi connectivity index (χ3v) is 4.29. The van der Waals surface area contributed by atoms with Gasteiger partial charge in [-0.2, -0.15) is 0 Å². The number of aliphatic hydroxyl groups excluding tert-OH is 1. The first-order valence-electron chi connectivity index (χ1n) is 8.40. The zero-order valence-corrected chi connectivity index (χ0v) is 15.1. The van der Waals surface area contributed by atoms with Crippen LogP contribution in [0.5, 0.6) is 0 Å². The van der Waals surface area contributed by atoms with Gasteiger partial charge in [0.25, 0.3) is 5.56 Å². The summed E-state index contributed by atoms with van der Waals surface area (Å²) in [5, 5.41) is 15.1. The van der Waals surface area contributed by atoms with Gasteiger partial charge in [0.2, 0.25) is 0 Å². The summed E-state index contributed by atoms with van der Waals surface area (Å²) < 4.78 is 3.21. The van der Waals surface area contributed by atoms with E-state index >= 15 is 0 Å². The van der Waals surface area contributed by atoms with Gasteiger partial charge in [-0.1, -0.05) is 32.0 Å². The number of nitrogens with one attached hydrogen (secondary N) is 2. The van der Waals surface area contributed by atoms with E-state index in [1.165, 1.54) is 4.68 Å². The van der Waals surface area contributed by atoms with Crippen LogP contribution in [0.15, 0.2) is 35.1 Å². The number of aromatic nitrogens is 2. The number of hydrogen-bond acceptors (Lipinski definition) is 3. The average molecular weight is 346 g/mol. The summed E-state index contributed by atoms with van der Waals surface area (Å²) in [4.78, 5) is 24.7. The van der Waals surface area contributed by atoms with Crippen molar-refractivity contribution in [3.63, 3.8) is 0 Å². The molecule has 2 rings (SSSR count). The van der Waals surface area contributed by atoms with Gasteiger partial charge in [-0.15, -0.1) is 0 Å². The number of amides is 2. The molecule has 136 valence electrons. The summed E-state index contributed by atoms with van der Waals surface area (Å²) in [6.07, 6.45) is 0.00156. The summed E-state index contributed by atoms with van der Waals surface area (Å²) >= 11 is 0. The van der Waals surface area contributed by atoms with E-state index in [9.17, 15) is 14.7 Å². The normalized spacial score (nSPS) is 12.2. The minimum absolute atomic E-state index is 0.138. The molecule has 1 unspecified atom stereocenters. The monoisotopic (exact) mass is 346 g/mol. The number of aliphatic hydroxyl groups is 1. The molecule has 25 heavy (non-hydrogen) atoms. The Labute approximate surface area is 147 Å². The summed E-state index contributed by atoms with van der Waals surface area (Å²) in [6, 6.07) is 8.79. The molecule has 1 atom stereocenters. The van der Waals surface area contributed by atoms with Crippen LogP contribution in [-0.4, -0.2) is 33.1 Å². The highest BCUT2D eigenvalue weighted by molar-refractivity contribution is 5.89. The summed E-state index contributed by atoms with van der Waals surface area (Å²) in [7, 11) is 1.77. The number of carbonyl (C=O) groups excluding carboxylic acids is 1. The van der Waals surface area contributed by atoms with Crippen molar-refractivity contribution in [2.45, 2.75) is 33.3 Å². The van der Waals surface area contributed by atoms with Crippen LogP contribution in [0.2, 0.25) is 0 Å². The number of benzene rings is 1. The molecular weight excluding hydrogens is 320 g/mol. The van der Waals surface area contributed by atoms with Crippen LogP contribution in [0.25, 0.3) is 5.69 Å². The highest BCUT2D eigenvalue weighted by Gasteiger charge is 2.18. The van der Waals surface area contributed by atoms with Crippen LogP contribution in [-0.2, 0) is 7.05 Å². The molecule has 7 nitrogen and oxygen atoms in total. The number of rotatable bonds is 6. The number of nitrogens with zero attached hydrogens (tertiary/aromatic N) is 2. The van der Waals surface area contributed by atoms with Crippen LogP contribution in [0, 0.1) is 12.8 Å². The molecule has 0 aliphatic heterocycles. The Morgan fingerprint density at radius 1 is 1.24 bits per heavy atom. The SMILES string of the molecule is Cc1c(NC(=O)NCCC(O)C(C)C)c(=O)n(-c2ccccc2)n1C. The zero-order chi connectivity index (χ0) is 18.6. The lowest BCUT2D eigenvalue weighted by Crippen LogP contribution is -2.33. The van der Waals surface area contributed by atoms with E-state index in [1.807, 2.05) is 44.2 Å². The van der Waals surface area contributed by atoms with Crippen molar-refractivity contribution in [2.75, 3.05) is 11.9 Å². The van der Waals surface area contributed by atoms with Gasteiger partial charge in [-0.05, 0) is 31.4 Å². The van der Waals surface area contributed by atoms with Crippen LogP contribution in [0.4, 0.5) is 10.5 Å². The summed E-state index contributed by atoms with van der Waals surface area (Å²) in [6.45, 7) is 5.96. The lowest BCUT2D eigenvalue weighted by Gasteiger charge is -2.14. The van der Waals surface area contributed by atoms with Crippen LogP contribution < -0.4 is 16.2 Å². The van der Waals surface area contributed by atoms with Gasteiger partial charge in [-0.3, -0.25) is 9.48 Å². The minimum Gasteiger partial charge on any atom is -0.393 e. The minimum atomic E-state index is -0.464. The molecule has 2 aromatic rings. The Morgan fingerprint density at radius 3 is 2.48 bits per heavy atom. The number of anilines is 1. The quantitative estimate of drug-likeness (QED) is 0.748. The standard InChI is InChI=1S/C18H26N4O3/c1-12(2)15(23)10-11-19-18(25)20-16-13(3)21(4)22(17(16)24)14-8-6-5-7-9-14/h5-9,12,15,23H,10-11H2,1-4H3,(H2,19,20,25). The predicted molar refractivity (Wildman–Crippen MR) is 98.2 cm³/mol.